The van der Waals surface area contributed by atoms with Gasteiger partial charge in [-0.15, -0.1) is 0 Å². The summed E-state index contributed by atoms with van der Waals surface area (Å²) >= 11 is 9.51. The summed E-state index contributed by atoms with van der Waals surface area (Å²) in [7, 11) is 0. The maximum atomic E-state index is 13.5. The van der Waals surface area contributed by atoms with Crippen LogP contribution in [0, 0.1) is 11.8 Å². The first-order valence-corrected chi connectivity index (χ1v) is 11.6. The van der Waals surface area contributed by atoms with Gasteiger partial charge >= 0.3 is 5.97 Å². The number of anilines is 1. The monoisotopic (exact) mass is 514 g/mol. The second-order valence-electron chi connectivity index (χ2n) is 8.02. The van der Waals surface area contributed by atoms with Crippen molar-refractivity contribution in [2.45, 2.75) is 42.3 Å². The van der Waals surface area contributed by atoms with Crippen molar-refractivity contribution in [1.29, 1.82) is 0 Å². The molecular formula is C21H24BrClN2O6. The summed E-state index contributed by atoms with van der Waals surface area (Å²) in [6.45, 7) is 1.96. The fourth-order valence-electron chi connectivity index (χ4n) is 5.16. The number of fused-ring (bicyclic) bond motifs is 1. The lowest BCUT2D eigenvalue weighted by molar-refractivity contribution is -0.154. The number of amides is 2. The number of alkyl halides is 1. The minimum absolute atomic E-state index is 0.126. The molecule has 2 amide bonds. The summed E-state index contributed by atoms with van der Waals surface area (Å²) < 4.78 is 11.5. The van der Waals surface area contributed by atoms with Gasteiger partial charge in [0.15, 0.2) is 0 Å². The highest BCUT2D eigenvalue weighted by molar-refractivity contribution is 9.09. The summed E-state index contributed by atoms with van der Waals surface area (Å²) in [6.07, 6.45) is 0.182. The summed E-state index contributed by atoms with van der Waals surface area (Å²) in [6, 6.07) is 5.73. The molecule has 1 aromatic carbocycles. The van der Waals surface area contributed by atoms with Crippen LogP contribution >= 0.6 is 27.5 Å². The second-order valence-corrected chi connectivity index (χ2v) is 9.63. The van der Waals surface area contributed by atoms with Crippen molar-refractivity contribution in [2.24, 2.45) is 11.8 Å². The number of nitrogens with one attached hydrogen (secondary N) is 1. The minimum atomic E-state index is -1.14. The number of benzene rings is 1. The fraction of sp³-hybridized carbons (Fsp3) is 0.571. The topological polar surface area (TPSA) is 105 Å². The number of hydrogen-bond donors (Lipinski definition) is 2. The first-order chi connectivity index (χ1) is 14.8. The number of esters is 1. The van der Waals surface area contributed by atoms with Gasteiger partial charge in [-0.05, 0) is 44.0 Å². The molecule has 3 fully saturated rings. The number of carbonyl (C=O) groups is 3. The van der Waals surface area contributed by atoms with Gasteiger partial charge in [0.05, 0.1) is 24.5 Å². The Bertz CT molecular complexity index is 883. The van der Waals surface area contributed by atoms with E-state index in [1.165, 1.54) is 4.90 Å². The molecule has 3 aliphatic rings. The summed E-state index contributed by atoms with van der Waals surface area (Å²) in [5.74, 6) is -2.79. The van der Waals surface area contributed by atoms with E-state index in [0.717, 1.165) is 0 Å². The third kappa shape index (κ3) is 3.65. The zero-order chi connectivity index (χ0) is 22.3. The molecule has 3 heterocycles. The standard InChI is InChI=1S/C21H24BrClN2O6/c1-2-30-20(29)14-15-19(28)25(8-3-9-26)17(21(15)10-13(22)16(14)31-21)18(27)24-12-6-4-11(23)5-7-12/h4-7,13-17,26H,2-3,8-10H2,1H3,(H,24,27)/t13?,14-,15+,16-,17?,21?/m1/s1. The molecular weight excluding hydrogens is 492 g/mol. The molecule has 1 spiro atoms. The third-order valence-corrected chi connectivity index (χ3v) is 7.36. The van der Waals surface area contributed by atoms with Gasteiger partial charge in [-0.25, -0.2) is 0 Å². The number of halogens is 2. The van der Waals surface area contributed by atoms with Crippen molar-refractivity contribution in [1.82, 2.24) is 4.90 Å². The first kappa shape index (κ1) is 22.5. The third-order valence-electron chi connectivity index (χ3n) is 6.27. The first-order valence-electron chi connectivity index (χ1n) is 10.3. The Hall–Kier alpha value is -1.68. The van der Waals surface area contributed by atoms with Crippen LogP contribution < -0.4 is 5.32 Å². The van der Waals surface area contributed by atoms with Crippen molar-refractivity contribution in [3.63, 3.8) is 0 Å². The summed E-state index contributed by atoms with van der Waals surface area (Å²) in [5, 5.41) is 12.7. The van der Waals surface area contributed by atoms with Gasteiger partial charge < -0.3 is 24.8 Å². The van der Waals surface area contributed by atoms with E-state index in [9.17, 15) is 19.5 Å². The molecule has 0 saturated carbocycles. The van der Waals surface area contributed by atoms with Gasteiger partial charge in [0.25, 0.3) is 0 Å². The van der Waals surface area contributed by atoms with E-state index in [2.05, 4.69) is 21.2 Å². The smallest absolute Gasteiger partial charge is 0.312 e. The molecule has 0 radical (unpaired) electrons. The highest BCUT2D eigenvalue weighted by Crippen LogP contribution is 2.60. The van der Waals surface area contributed by atoms with E-state index >= 15 is 0 Å². The number of carbonyl (C=O) groups excluding carboxylic acids is 3. The molecule has 168 valence electrons. The molecule has 2 N–H and O–H groups in total. The molecule has 3 saturated heterocycles. The van der Waals surface area contributed by atoms with Crippen molar-refractivity contribution in [3.8, 4) is 0 Å². The van der Waals surface area contributed by atoms with Gasteiger partial charge in [-0.3, -0.25) is 14.4 Å². The van der Waals surface area contributed by atoms with Crippen molar-refractivity contribution in [3.05, 3.63) is 29.3 Å². The predicted octanol–water partition coefficient (Wildman–Crippen LogP) is 1.97. The van der Waals surface area contributed by atoms with E-state index < -0.39 is 41.5 Å². The lowest BCUT2D eigenvalue weighted by Gasteiger charge is -2.34. The van der Waals surface area contributed by atoms with Gasteiger partial charge in [0, 0.05) is 28.7 Å². The van der Waals surface area contributed by atoms with Gasteiger partial charge in [-0.1, -0.05) is 27.5 Å². The van der Waals surface area contributed by atoms with Crippen LogP contribution in [0.5, 0.6) is 0 Å². The number of nitrogens with zero attached hydrogens (tertiary/aromatic N) is 1. The second kappa shape index (κ2) is 8.69. The van der Waals surface area contributed by atoms with Crippen LogP contribution in [0.25, 0.3) is 0 Å². The van der Waals surface area contributed by atoms with Crippen LogP contribution in [0.4, 0.5) is 5.69 Å². The van der Waals surface area contributed by atoms with Crippen LogP contribution in [0.15, 0.2) is 24.3 Å². The SMILES string of the molecule is CCOC(=O)[C@H]1[C@@H]2OC3(CC2Br)C(C(=O)Nc2ccc(Cl)cc2)N(CCCO)C(=O)[C@H]13. The Kier molecular flexibility index (Phi) is 6.31. The molecule has 2 bridgehead atoms. The highest BCUT2D eigenvalue weighted by atomic mass is 79.9. The van der Waals surface area contributed by atoms with Gasteiger partial charge in [0.2, 0.25) is 11.8 Å². The van der Waals surface area contributed by atoms with Crippen LogP contribution in [0.3, 0.4) is 0 Å². The number of rotatable bonds is 7. The van der Waals surface area contributed by atoms with Gasteiger partial charge in [0.1, 0.15) is 11.6 Å². The minimum Gasteiger partial charge on any atom is -0.466 e. The van der Waals surface area contributed by atoms with E-state index in [1.54, 1.807) is 31.2 Å². The summed E-state index contributed by atoms with van der Waals surface area (Å²) in [5.41, 5.74) is -0.604. The van der Waals surface area contributed by atoms with Crippen LogP contribution in [0.2, 0.25) is 5.02 Å². The van der Waals surface area contributed by atoms with Gasteiger partial charge in [-0.2, -0.15) is 0 Å². The van der Waals surface area contributed by atoms with Crippen molar-refractivity contribution < 1.29 is 29.0 Å². The Labute approximate surface area is 193 Å². The Balaban J connectivity index is 1.70. The van der Waals surface area contributed by atoms with E-state index in [-0.39, 0.29) is 30.5 Å². The predicted molar refractivity (Wildman–Crippen MR) is 116 cm³/mol. The quantitative estimate of drug-likeness (QED) is 0.425. The van der Waals surface area contributed by atoms with Crippen LogP contribution in [-0.4, -0.2) is 70.1 Å². The van der Waals surface area contributed by atoms with Crippen LogP contribution in [-0.2, 0) is 23.9 Å². The molecule has 4 rings (SSSR count). The molecule has 6 atom stereocenters. The Morgan fingerprint density at radius 1 is 1.39 bits per heavy atom. The fourth-order valence-corrected chi connectivity index (χ4v) is 6.23. The number of aliphatic hydroxyl groups excluding tert-OH is 1. The number of aliphatic hydroxyl groups is 1. The Morgan fingerprint density at radius 3 is 2.74 bits per heavy atom. The van der Waals surface area contributed by atoms with Crippen molar-refractivity contribution >= 4 is 51.0 Å². The summed E-state index contributed by atoms with van der Waals surface area (Å²) in [4.78, 5) is 40.9. The number of likely N-dealkylation sites (tertiary alicyclic amines) is 1. The molecule has 31 heavy (non-hydrogen) atoms. The number of hydrogen-bond acceptors (Lipinski definition) is 6. The molecule has 8 nitrogen and oxygen atoms in total. The van der Waals surface area contributed by atoms with Crippen LogP contribution in [0.1, 0.15) is 19.8 Å². The molecule has 3 aliphatic heterocycles. The maximum Gasteiger partial charge on any atom is 0.312 e. The molecule has 1 aromatic rings. The van der Waals surface area contributed by atoms with Crippen molar-refractivity contribution in [2.75, 3.05) is 25.1 Å². The maximum absolute atomic E-state index is 13.5. The molecule has 0 aliphatic carbocycles. The number of ether oxygens (including phenoxy) is 2. The molecule has 3 unspecified atom stereocenters. The average molecular weight is 516 g/mol. The average Bonchev–Trinajstić information content (AvgIpc) is 3.32. The Morgan fingerprint density at radius 2 is 2.10 bits per heavy atom. The van der Waals surface area contributed by atoms with E-state index in [1.807, 2.05) is 0 Å². The lowest BCUT2D eigenvalue weighted by atomic mass is 9.70. The largest absolute Gasteiger partial charge is 0.466 e. The lowest BCUT2D eigenvalue weighted by Crippen LogP contribution is -2.54. The van der Waals surface area contributed by atoms with E-state index in [0.29, 0.717) is 23.6 Å². The highest BCUT2D eigenvalue weighted by Gasteiger charge is 2.76. The zero-order valence-corrected chi connectivity index (χ0v) is 19.3. The normalized spacial score (nSPS) is 33.5. The molecule has 10 heteroatoms. The van der Waals surface area contributed by atoms with E-state index in [4.69, 9.17) is 21.1 Å². The zero-order valence-electron chi connectivity index (χ0n) is 16.9. The molecule has 0 aromatic heterocycles.